The monoisotopic (exact) mass is 315 g/mol. The highest BCUT2D eigenvalue weighted by Gasteiger charge is 2.59. The average molecular weight is 315 g/mol. The smallest absolute Gasteiger partial charge is 0.481 e. The van der Waals surface area contributed by atoms with E-state index in [1.54, 1.807) is 0 Å². The molecule has 1 aromatic carbocycles. The van der Waals surface area contributed by atoms with Gasteiger partial charge < -0.3 is 14.9 Å². The molecular weight excluding hydrogens is 301 g/mol. The van der Waals surface area contributed by atoms with Gasteiger partial charge in [-0.05, 0) is 17.7 Å². The predicted molar refractivity (Wildman–Crippen MR) is 70.5 cm³/mol. The number of nitrogens with one attached hydrogen (secondary N) is 1. The molecule has 1 aliphatic carbocycles. The maximum atomic E-state index is 11.6. The van der Waals surface area contributed by atoms with Gasteiger partial charge >= 0.3 is 13.8 Å². The van der Waals surface area contributed by atoms with Crippen molar-refractivity contribution in [3.63, 3.8) is 0 Å². The van der Waals surface area contributed by atoms with E-state index in [0.717, 1.165) is 0 Å². The number of hydrogen-bond donors (Lipinski definition) is 4. The van der Waals surface area contributed by atoms with Crippen molar-refractivity contribution >= 4 is 19.7 Å². The van der Waals surface area contributed by atoms with Crippen molar-refractivity contribution in [2.45, 2.75) is 5.92 Å². The topological polar surface area (TPSA) is 133 Å². The van der Waals surface area contributed by atoms with Gasteiger partial charge in [0.15, 0.2) is 0 Å². The number of carbonyl (C=O) groups excluding carboxylic acids is 1. The predicted octanol–water partition coefficient (Wildman–Crippen LogP) is 0.318. The van der Waals surface area contributed by atoms with E-state index in [1.807, 2.05) is 0 Å². The van der Waals surface area contributed by atoms with Crippen LogP contribution in [0, 0.1) is 11.8 Å². The van der Waals surface area contributed by atoms with Crippen LogP contribution in [0.2, 0.25) is 0 Å². The molecule has 21 heavy (non-hydrogen) atoms. The minimum atomic E-state index is -4.63. The Bertz CT molecular complexity index is 609. The number of carboxylic acid groups (broad SMARTS) is 1. The molecule has 1 aromatic rings. The van der Waals surface area contributed by atoms with E-state index < -0.39 is 31.5 Å². The summed E-state index contributed by atoms with van der Waals surface area (Å²) in [5.74, 6) is -3.31. The first-order chi connectivity index (χ1) is 9.74. The van der Waals surface area contributed by atoms with E-state index in [4.69, 9.17) is 14.9 Å². The SMILES string of the molecule is CNC(=O)[C@H]1[C@H](C(=O)O)[C@H]1c1ccc(OP(=O)(O)O)cc1. The number of aliphatic carboxylic acids is 1. The lowest BCUT2D eigenvalue weighted by Crippen LogP contribution is -2.22. The van der Waals surface area contributed by atoms with E-state index in [2.05, 4.69) is 9.84 Å². The average Bonchev–Trinajstić information content (AvgIpc) is 3.12. The number of carbonyl (C=O) groups is 2. The van der Waals surface area contributed by atoms with Gasteiger partial charge in [0.1, 0.15) is 5.75 Å². The molecule has 1 amide bonds. The minimum Gasteiger partial charge on any atom is -0.481 e. The zero-order chi connectivity index (χ0) is 15.8. The summed E-state index contributed by atoms with van der Waals surface area (Å²) in [6.07, 6.45) is 0. The van der Waals surface area contributed by atoms with E-state index >= 15 is 0 Å². The first-order valence-electron chi connectivity index (χ1n) is 6.04. The van der Waals surface area contributed by atoms with E-state index in [9.17, 15) is 14.2 Å². The third kappa shape index (κ3) is 3.41. The van der Waals surface area contributed by atoms with Gasteiger partial charge in [-0.15, -0.1) is 0 Å². The standard InChI is InChI=1S/C12H14NO7P/c1-13-11(14)9-8(10(9)12(15)16)6-2-4-7(5-3-6)20-21(17,18)19/h2-5,8-10H,1H3,(H,13,14)(H,15,16)(H2,17,18,19)/t8-,9+,10+/m0/s1. The molecule has 0 saturated heterocycles. The second-order valence-electron chi connectivity index (χ2n) is 4.68. The highest BCUT2D eigenvalue weighted by Crippen LogP contribution is 2.54. The fourth-order valence-corrected chi connectivity index (χ4v) is 2.81. The molecule has 0 unspecified atom stereocenters. The third-order valence-corrected chi connectivity index (χ3v) is 3.79. The molecule has 2 rings (SSSR count). The van der Waals surface area contributed by atoms with Crippen LogP contribution in [-0.2, 0) is 14.2 Å². The maximum absolute atomic E-state index is 11.6. The fraction of sp³-hybridized carbons (Fsp3) is 0.333. The quantitative estimate of drug-likeness (QED) is 0.575. The summed E-state index contributed by atoms with van der Waals surface area (Å²) >= 11 is 0. The molecule has 0 spiro atoms. The van der Waals surface area contributed by atoms with Gasteiger partial charge in [0, 0.05) is 13.0 Å². The number of carboxylic acids is 1. The lowest BCUT2D eigenvalue weighted by atomic mass is 10.1. The van der Waals surface area contributed by atoms with Gasteiger partial charge in [0.25, 0.3) is 0 Å². The molecule has 114 valence electrons. The first kappa shape index (κ1) is 15.5. The largest absolute Gasteiger partial charge is 0.524 e. The highest BCUT2D eigenvalue weighted by atomic mass is 31.2. The molecule has 0 heterocycles. The highest BCUT2D eigenvalue weighted by molar-refractivity contribution is 7.46. The van der Waals surface area contributed by atoms with Crippen molar-refractivity contribution in [3.05, 3.63) is 29.8 Å². The minimum absolute atomic E-state index is 0.0314. The van der Waals surface area contributed by atoms with Crippen molar-refractivity contribution in [2.75, 3.05) is 7.05 Å². The van der Waals surface area contributed by atoms with Crippen molar-refractivity contribution < 1.29 is 33.6 Å². The summed E-state index contributed by atoms with van der Waals surface area (Å²) in [6, 6.07) is 5.64. The van der Waals surface area contributed by atoms with Gasteiger partial charge in [-0.25, -0.2) is 4.57 Å². The summed E-state index contributed by atoms with van der Waals surface area (Å²) < 4.78 is 15.1. The molecule has 1 aliphatic rings. The lowest BCUT2D eigenvalue weighted by molar-refractivity contribution is -0.140. The van der Waals surface area contributed by atoms with Crippen molar-refractivity contribution in [2.24, 2.45) is 11.8 Å². The van der Waals surface area contributed by atoms with Crippen LogP contribution >= 0.6 is 7.82 Å². The zero-order valence-corrected chi connectivity index (χ0v) is 11.9. The number of benzene rings is 1. The molecule has 0 aliphatic heterocycles. The van der Waals surface area contributed by atoms with E-state index in [-0.39, 0.29) is 11.7 Å². The van der Waals surface area contributed by atoms with E-state index in [1.165, 1.54) is 31.3 Å². The van der Waals surface area contributed by atoms with Crippen molar-refractivity contribution in [1.29, 1.82) is 0 Å². The molecule has 0 radical (unpaired) electrons. The second kappa shape index (κ2) is 5.48. The van der Waals surface area contributed by atoms with Gasteiger partial charge in [-0.3, -0.25) is 19.4 Å². The van der Waals surface area contributed by atoms with Crippen LogP contribution in [0.4, 0.5) is 0 Å². The number of phosphoric acid groups is 1. The Morgan fingerprint density at radius 3 is 2.19 bits per heavy atom. The summed E-state index contributed by atoms with van der Waals surface area (Å²) in [5.41, 5.74) is 0.606. The zero-order valence-electron chi connectivity index (χ0n) is 11.0. The van der Waals surface area contributed by atoms with Gasteiger partial charge in [0.05, 0.1) is 11.8 Å². The molecule has 0 aromatic heterocycles. The Hall–Kier alpha value is -1.89. The van der Waals surface area contributed by atoms with Crippen LogP contribution in [-0.4, -0.2) is 33.8 Å². The molecule has 3 atom stereocenters. The van der Waals surface area contributed by atoms with Crippen LogP contribution < -0.4 is 9.84 Å². The summed E-state index contributed by atoms with van der Waals surface area (Å²) in [5, 5.41) is 11.5. The van der Waals surface area contributed by atoms with E-state index in [0.29, 0.717) is 5.56 Å². The van der Waals surface area contributed by atoms with Gasteiger partial charge in [0.2, 0.25) is 5.91 Å². The Kier molecular flexibility index (Phi) is 4.04. The number of hydrogen-bond acceptors (Lipinski definition) is 4. The number of rotatable bonds is 5. The summed E-state index contributed by atoms with van der Waals surface area (Å²) in [7, 11) is -3.19. The fourth-order valence-electron chi connectivity index (χ4n) is 2.41. The Labute approximate surface area is 120 Å². The van der Waals surface area contributed by atoms with Crippen LogP contribution in [0.3, 0.4) is 0 Å². The molecule has 4 N–H and O–H groups in total. The molecule has 0 bridgehead atoms. The van der Waals surface area contributed by atoms with Gasteiger partial charge in [-0.1, -0.05) is 12.1 Å². The Morgan fingerprint density at radius 2 is 1.76 bits per heavy atom. The molecule has 1 fully saturated rings. The van der Waals surface area contributed by atoms with Crippen LogP contribution in [0.1, 0.15) is 11.5 Å². The summed E-state index contributed by atoms with van der Waals surface area (Å²) in [6.45, 7) is 0. The van der Waals surface area contributed by atoms with Crippen molar-refractivity contribution in [3.8, 4) is 5.75 Å². The maximum Gasteiger partial charge on any atom is 0.524 e. The molecule has 1 saturated carbocycles. The molecule has 8 nitrogen and oxygen atoms in total. The molecule has 9 heteroatoms. The second-order valence-corrected chi connectivity index (χ2v) is 5.84. The third-order valence-electron chi connectivity index (χ3n) is 3.34. The lowest BCUT2D eigenvalue weighted by Gasteiger charge is -2.07. The van der Waals surface area contributed by atoms with Gasteiger partial charge in [-0.2, -0.15) is 0 Å². The molecular formula is C12H14NO7P. The number of amides is 1. The first-order valence-corrected chi connectivity index (χ1v) is 7.57. The van der Waals surface area contributed by atoms with Crippen LogP contribution in [0.25, 0.3) is 0 Å². The normalized spacial score (nSPS) is 24.2. The number of phosphoric ester groups is 1. The van der Waals surface area contributed by atoms with Crippen LogP contribution in [0.5, 0.6) is 5.75 Å². The Balaban J connectivity index is 2.17. The van der Waals surface area contributed by atoms with Crippen LogP contribution in [0.15, 0.2) is 24.3 Å². The summed E-state index contributed by atoms with van der Waals surface area (Å²) in [4.78, 5) is 40.1. The Morgan fingerprint density at radius 1 is 1.19 bits per heavy atom. The van der Waals surface area contributed by atoms with Crippen molar-refractivity contribution in [1.82, 2.24) is 5.32 Å².